The van der Waals surface area contributed by atoms with Crippen molar-refractivity contribution in [1.82, 2.24) is 9.97 Å². The van der Waals surface area contributed by atoms with Crippen molar-refractivity contribution in [3.05, 3.63) is 69.2 Å². The molecule has 0 fully saturated rings. The third-order valence-corrected chi connectivity index (χ3v) is 6.48. The first-order chi connectivity index (χ1) is 14.5. The van der Waals surface area contributed by atoms with Crippen molar-refractivity contribution < 1.29 is 13.9 Å². The molecule has 0 amide bonds. The lowest BCUT2D eigenvalue weighted by molar-refractivity contribution is 0.0563. The largest absolute Gasteiger partial charge is 0.463 e. The van der Waals surface area contributed by atoms with Crippen LogP contribution in [0.15, 0.2) is 56.1 Å². The standard InChI is InChI=1S/C22H20N2O4S2/c1-12(2)13-4-6-14(7-5-13)16-11-29-20-18(16)19(25)23-22(24-20)30-10-15-8-9-17(28-15)21(26)27-3/h4-9,11-12H,10H2,1-3H3,(H,23,24,25). The molecule has 4 aromatic rings. The number of thioether (sulfide) groups is 1. The third-order valence-electron chi connectivity index (χ3n) is 4.71. The Morgan fingerprint density at radius 2 is 2.00 bits per heavy atom. The molecule has 0 radical (unpaired) electrons. The van der Waals surface area contributed by atoms with Crippen molar-refractivity contribution in [3.8, 4) is 11.1 Å². The number of furan rings is 1. The number of hydrogen-bond acceptors (Lipinski definition) is 7. The van der Waals surface area contributed by atoms with Gasteiger partial charge in [0, 0.05) is 10.9 Å². The molecule has 0 saturated heterocycles. The molecule has 3 aromatic heterocycles. The van der Waals surface area contributed by atoms with E-state index in [1.165, 1.54) is 35.8 Å². The van der Waals surface area contributed by atoms with Crippen LogP contribution in [0.2, 0.25) is 0 Å². The van der Waals surface area contributed by atoms with Crippen LogP contribution in [-0.4, -0.2) is 23.0 Å². The smallest absolute Gasteiger partial charge is 0.373 e. The van der Waals surface area contributed by atoms with Crippen LogP contribution in [-0.2, 0) is 10.5 Å². The lowest BCUT2D eigenvalue weighted by Crippen LogP contribution is -2.08. The van der Waals surface area contributed by atoms with Gasteiger partial charge in [0.05, 0.1) is 18.2 Å². The fourth-order valence-corrected chi connectivity index (χ4v) is 4.82. The van der Waals surface area contributed by atoms with Gasteiger partial charge in [-0.3, -0.25) is 4.79 Å². The summed E-state index contributed by atoms with van der Waals surface area (Å²) in [5, 5.41) is 3.08. The number of nitrogens with one attached hydrogen (secondary N) is 1. The lowest BCUT2D eigenvalue weighted by Gasteiger charge is -2.06. The van der Waals surface area contributed by atoms with Gasteiger partial charge in [-0.15, -0.1) is 11.3 Å². The number of aromatic amines is 1. The second-order valence-corrected chi connectivity index (χ2v) is 8.85. The van der Waals surface area contributed by atoms with E-state index in [9.17, 15) is 9.59 Å². The minimum absolute atomic E-state index is 0.149. The van der Waals surface area contributed by atoms with Crippen LogP contribution in [0.3, 0.4) is 0 Å². The predicted molar refractivity (Wildman–Crippen MR) is 119 cm³/mol. The zero-order chi connectivity index (χ0) is 21.3. The molecule has 3 heterocycles. The molecule has 30 heavy (non-hydrogen) atoms. The zero-order valence-corrected chi connectivity index (χ0v) is 18.4. The highest BCUT2D eigenvalue weighted by molar-refractivity contribution is 7.98. The summed E-state index contributed by atoms with van der Waals surface area (Å²) in [6.45, 7) is 4.31. The molecule has 4 rings (SSSR count). The Kier molecular flexibility index (Phi) is 5.78. The van der Waals surface area contributed by atoms with Gasteiger partial charge >= 0.3 is 5.97 Å². The van der Waals surface area contributed by atoms with E-state index in [1.54, 1.807) is 12.1 Å². The lowest BCUT2D eigenvalue weighted by atomic mass is 9.99. The van der Waals surface area contributed by atoms with E-state index in [4.69, 9.17) is 4.42 Å². The number of thiophene rings is 1. The maximum absolute atomic E-state index is 12.8. The molecule has 1 aromatic carbocycles. The Balaban J connectivity index is 1.57. The topological polar surface area (TPSA) is 85.2 Å². The van der Waals surface area contributed by atoms with Crippen molar-refractivity contribution >= 4 is 39.3 Å². The van der Waals surface area contributed by atoms with Gasteiger partial charge in [-0.2, -0.15) is 0 Å². The molecule has 1 N–H and O–H groups in total. The number of esters is 1. The Bertz CT molecular complexity index is 1250. The minimum atomic E-state index is -0.522. The van der Waals surface area contributed by atoms with Gasteiger partial charge in [0.25, 0.3) is 5.56 Å². The van der Waals surface area contributed by atoms with E-state index < -0.39 is 5.97 Å². The fourth-order valence-electron chi connectivity index (χ4n) is 3.06. The fraction of sp³-hybridized carbons (Fsp3) is 0.227. The molecule has 0 spiro atoms. The second kappa shape index (κ2) is 8.49. The summed E-state index contributed by atoms with van der Waals surface area (Å²) in [6.07, 6.45) is 0. The molecule has 0 atom stereocenters. The Morgan fingerprint density at radius 3 is 2.70 bits per heavy atom. The summed E-state index contributed by atoms with van der Waals surface area (Å²) < 4.78 is 10.1. The third kappa shape index (κ3) is 4.06. The van der Waals surface area contributed by atoms with Crippen molar-refractivity contribution in [2.75, 3.05) is 7.11 Å². The maximum atomic E-state index is 12.8. The Hall–Kier alpha value is -2.84. The summed E-state index contributed by atoms with van der Waals surface area (Å²) >= 11 is 2.79. The number of aromatic nitrogens is 2. The molecule has 0 unspecified atom stereocenters. The summed E-state index contributed by atoms with van der Waals surface area (Å²) in [6, 6.07) is 11.6. The highest BCUT2D eigenvalue weighted by Gasteiger charge is 2.15. The van der Waals surface area contributed by atoms with Gasteiger partial charge in [0.2, 0.25) is 5.76 Å². The predicted octanol–water partition coefficient (Wildman–Crippen LogP) is 5.45. The van der Waals surface area contributed by atoms with Crippen molar-refractivity contribution in [1.29, 1.82) is 0 Å². The van der Waals surface area contributed by atoms with Gasteiger partial charge in [-0.25, -0.2) is 9.78 Å². The number of H-pyrrole nitrogens is 1. The molecular formula is C22H20N2O4S2. The number of carbonyl (C=O) groups excluding carboxylic acids is 1. The summed E-state index contributed by atoms with van der Waals surface area (Å²) in [5.41, 5.74) is 2.99. The highest BCUT2D eigenvalue weighted by atomic mass is 32.2. The number of hydrogen-bond donors (Lipinski definition) is 1. The van der Waals surface area contributed by atoms with E-state index in [2.05, 4.69) is 52.8 Å². The molecule has 0 saturated carbocycles. The van der Waals surface area contributed by atoms with Crippen LogP contribution >= 0.6 is 23.1 Å². The SMILES string of the molecule is COC(=O)c1ccc(CSc2nc3scc(-c4ccc(C(C)C)cc4)c3c(=O)[nH]2)o1. The number of carbonyl (C=O) groups is 1. The summed E-state index contributed by atoms with van der Waals surface area (Å²) in [5.74, 6) is 1.12. The van der Waals surface area contributed by atoms with Crippen molar-refractivity contribution in [2.45, 2.75) is 30.7 Å². The molecule has 8 heteroatoms. The normalized spacial score (nSPS) is 11.3. The monoisotopic (exact) mass is 440 g/mol. The molecule has 0 aliphatic heterocycles. The van der Waals surface area contributed by atoms with Crippen molar-refractivity contribution in [3.63, 3.8) is 0 Å². The Morgan fingerprint density at radius 1 is 1.23 bits per heavy atom. The minimum Gasteiger partial charge on any atom is -0.463 e. The van der Waals surface area contributed by atoms with Crippen molar-refractivity contribution in [2.24, 2.45) is 0 Å². The number of fused-ring (bicyclic) bond motifs is 1. The first kappa shape index (κ1) is 20.4. The second-order valence-electron chi connectivity index (χ2n) is 7.02. The van der Waals surface area contributed by atoms with Crippen LogP contribution in [0, 0.1) is 0 Å². The zero-order valence-electron chi connectivity index (χ0n) is 16.7. The molecule has 6 nitrogen and oxygen atoms in total. The van der Waals surface area contributed by atoms with Gasteiger partial charge in [-0.1, -0.05) is 49.9 Å². The van der Waals surface area contributed by atoms with E-state index in [0.29, 0.717) is 32.8 Å². The quantitative estimate of drug-likeness (QED) is 0.244. The molecule has 154 valence electrons. The van der Waals surface area contributed by atoms with Gasteiger partial charge in [0.15, 0.2) is 5.16 Å². The average Bonchev–Trinajstić information content (AvgIpc) is 3.39. The number of ether oxygens (including phenoxy) is 1. The van der Waals surface area contributed by atoms with Gasteiger partial charge in [-0.05, 0) is 29.2 Å². The summed E-state index contributed by atoms with van der Waals surface area (Å²) in [7, 11) is 1.30. The molecule has 0 aliphatic rings. The number of nitrogens with zero attached hydrogens (tertiary/aromatic N) is 1. The van der Waals surface area contributed by atoms with E-state index >= 15 is 0 Å². The Labute approximate surface area is 181 Å². The molecule has 0 aliphatic carbocycles. The summed E-state index contributed by atoms with van der Waals surface area (Å²) in [4.78, 5) is 32.4. The number of methoxy groups -OCH3 is 1. The van der Waals surface area contributed by atoms with Gasteiger partial charge in [0.1, 0.15) is 10.6 Å². The van der Waals surface area contributed by atoms with E-state index in [0.717, 1.165) is 11.1 Å². The van der Waals surface area contributed by atoms with E-state index in [-0.39, 0.29) is 11.3 Å². The van der Waals surface area contributed by atoms with Crippen LogP contribution in [0.4, 0.5) is 0 Å². The number of benzene rings is 1. The number of rotatable bonds is 6. The van der Waals surface area contributed by atoms with Crippen LogP contribution in [0.5, 0.6) is 0 Å². The van der Waals surface area contributed by atoms with Crippen LogP contribution in [0.1, 0.15) is 41.6 Å². The molecule has 0 bridgehead atoms. The van der Waals surface area contributed by atoms with Crippen LogP contribution < -0.4 is 5.56 Å². The molecular weight excluding hydrogens is 420 g/mol. The first-order valence-electron chi connectivity index (χ1n) is 9.38. The van der Waals surface area contributed by atoms with Gasteiger partial charge < -0.3 is 14.1 Å². The van der Waals surface area contributed by atoms with Crippen LogP contribution in [0.25, 0.3) is 21.3 Å². The highest BCUT2D eigenvalue weighted by Crippen LogP contribution is 2.32. The maximum Gasteiger partial charge on any atom is 0.373 e. The van der Waals surface area contributed by atoms with E-state index in [1.807, 2.05) is 5.38 Å². The average molecular weight is 441 g/mol. The first-order valence-corrected chi connectivity index (χ1v) is 11.2.